The van der Waals surface area contributed by atoms with E-state index in [1.54, 1.807) is 6.92 Å². The van der Waals surface area contributed by atoms with Crippen molar-refractivity contribution < 1.29 is 21.6 Å². The molecule has 0 amide bonds. The van der Waals surface area contributed by atoms with Gasteiger partial charge in [-0.1, -0.05) is 6.07 Å². The molecule has 0 aliphatic rings. The van der Waals surface area contributed by atoms with Crippen molar-refractivity contribution in [2.75, 3.05) is 10.5 Å². The van der Waals surface area contributed by atoms with Crippen molar-refractivity contribution in [1.29, 1.82) is 0 Å². The number of H-pyrrole nitrogens is 1. The first-order chi connectivity index (χ1) is 12.6. The van der Waals surface area contributed by atoms with E-state index in [1.807, 2.05) is 0 Å². The zero-order chi connectivity index (χ0) is 19.8. The highest BCUT2D eigenvalue weighted by molar-refractivity contribution is 7.92. The van der Waals surface area contributed by atoms with Gasteiger partial charge in [0.1, 0.15) is 5.82 Å². The molecule has 2 aromatic heterocycles. The van der Waals surface area contributed by atoms with E-state index in [4.69, 9.17) is 5.73 Å². The molecule has 0 radical (unpaired) electrons. The number of aryl methyl sites for hydroxylation is 1. The molecule has 3 aromatic rings. The molecule has 3 rings (SSSR count). The number of nitrogen functional groups attached to an aromatic ring is 1. The van der Waals surface area contributed by atoms with Gasteiger partial charge in [-0.2, -0.15) is 21.6 Å². The first-order valence-corrected chi connectivity index (χ1v) is 8.89. The van der Waals surface area contributed by atoms with E-state index in [0.717, 1.165) is 24.7 Å². The fourth-order valence-corrected chi connectivity index (χ4v) is 3.35. The summed E-state index contributed by atoms with van der Waals surface area (Å²) in [5.41, 5.74) is 5.06. The van der Waals surface area contributed by atoms with Crippen LogP contribution in [0.4, 0.5) is 24.7 Å². The average molecular weight is 398 g/mol. The number of nitrogens with zero attached hydrogens (tertiary/aromatic N) is 3. The highest BCUT2D eigenvalue weighted by atomic mass is 32.2. The maximum atomic E-state index is 13.1. The number of halogens is 3. The third kappa shape index (κ3) is 3.84. The molecular weight excluding hydrogens is 385 g/mol. The predicted octanol–water partition coefficient (Wildman–Crippen LogP) is 2.58. The van der Waals surface area contributed by atoms with Crippen molar-refractivity contribution in [2.45, 2.75) is 18.1 Å². The summed E-state index contributed by atoms with van der Waals surface area (Å²) in [6.07, 6.45) is -2.49. The second-order valence-electron chi connectivity index (χ2n) is 5.58. The first kappa shape index (κ1) is 18.6. The third-order valence-electron chi connectivity index (χ3n) is 3.61. The molecule has 2 heterocycles. The number of aromatic nitrogens is 4. The van der Waals surface area contributed by atoms with Crippen LogP contribution >= 0.6 is 0 Å². The largest absolute Gasteiger partial charge is 0.416 e. The number of nitrogens with two attached hydrogens (primary N) is 1. The fourth-order valence-electron chi connectivity index (χ4n) is 2.37. The van der Waals surface area contributed by atoms with Crippen molar-refractivity contribution in [1.82, 2.24) is 20.2 Å². The van der Waals surface area contributed by atoms with E-state index in [2.05, 4.69) is 24.9 Å². The Morgan fingerprint density at radius 3 is 2.52 bits per heavy atom. The average Bonchev–Trinajstić information content (AvgIpc) is 3.09. The van der Waals surface area contributed by atoms with Gasteiger partial charge in [-0.15, -0.1) is 10.2 Å². The molecule has 0 unspecified atom stereocenters. The van der Waals surface area contributed by atoms with Crippen LogP contribution in [0.15, 0.2) is 41.8 Å². The molecule has 0 bridgehead atoms. The van der Waals surface area contributed by atoms with Crippen LogP contribution in [-0.4, -0.2) is 28.6 Å². The minimum atomic E-state index is -4.66. The van der Waals surface area contributed by atoms with Gasteiger partial charge >= 0.3 is 6.18 Å². The lowest BCUT2D eigenvalue weighted by Gasteiger charge is -2.15. The summed E-state index contributed by atoms with van der Waals surface area (Å²) in [4.78, 5) is 5.99. The Balaban J connectivity index is 2.16. The van der Waals surface area contributed by atoms with Crippen LogP contribution in [0.3, 0.4) is 0 Å². The van der Waals surface area contributed by atoms with Crippen molar-refractivity contribution in [2.24, 2.45) is 0 Å². The van der Waals surface area contributed by atoms with Crippen LogP contribution < -0.4 is 10.5 Å². The summed E-state index contributed by atoms with van der Waals surface area (Å²) in [7, 11) is -4.19. The molecule has 0 saturated carbocycles. The molecule has 0 aliphatic carbocycles. The Morgan fingerprint density at radius 1 is 1.19 bits per heavy atom. The highest BCUT2D eigenvalue weighted by Gasteiger charge is 2.32. The molecule has 0 aliphatic heterocycles. The summed E-state index contributed by atoms with van der Waals surface area (Å²) in [6.45, 7) is 1.63. The van der Waals surface area contributed by atoms with Crippen molar-refractivity contribution in [3.63, 3.8) is 0 Å². The molecule has 4 N–H and O–H groups in total. The number of rotatable bonds is 4. The second kappa shape index (κ2) is 6.54. The van der Waals surface area contributed by atoms with Crippen LogP contribution in [0.1, 0.15) is 11.1 Å². The first-order valence-electron chi connectivity index (χ1n) is 7.40. The van der Waals surface area contributed by atoms with Gasteiger partial charge in [-0.05, 0) is 30.7 Å². The minimum absolute atomic E-state index is 0.121. The number of anilines is 2. The van der Waals surface area contributed by atoms with Crippen molar-refractivity contribution in [3.8, 4) is 11.3 Å². The summed E-state index contributed by atoms with van der Waals surface area (Å²) in [6, 6.07) is 4.13. The van der Waals surface area contributed by atoms with Gasteiger partial charge in [0.05, 0.1) is 29.5 Å². The van der Waals surface area contributed by atoms with Gasteiger partial charge in [-0.3, -0.25) is 4.72 Å². The lowest BCUT2D eigenvalue weighted by atomic mass is 10.0. The molecule has 0 spiro atoms. The van der Waals surface area contributed by atoms with Crippen LogP contribution in [0.5, 0.6) is 0 Å². The second-order valence-corrected chi connectivity index (χ2v) is 7.23. The molecular formula is C15H13F3N6O2S. The number of nitrogens with one attached hydrogen (secondary N) is 2. The Labute approximate surface area is 151 Å². The number of alkyl halides is 3. The normalized spacial score (nSPS) is 12.1. The fraction of sp³-hybridized carbons (Fsp3) is 0.133. The van der Waals surface area contributed by atoms with Crippen LogP contribution in [-0.2, 0) is 16.2 Å². The van der Waals surface area contributed by atoms with Gasteiger partial charge in [-0.25, -0.2) is 4.98 Å². The van der Waals surface area contributed by atoms with Crippen molar-refractivity contribution in [3.05, 3.63) is 47.9 Å². The zero-order valence-electron chi connectivity index (χ0n) is 13.7. The lowest BCUT2D eigenvalue weighted by molar-refractivity contribution is -0.137. The summed E-state index contributed by atoms with van der Waals surface area (Å²) in [5, 5.41) is 7.27. The van der Waals surface area contributed by atoms with Crippen LogP contribution in [0, 0.1) is 6.92 Å². The van der Waals surface area contributed by atoms with E-state index in [0.29, 0.717) is 11.6 Å². The molecule has 0 saturated heterocycles. The Kier molecular flexibility index (Phi) is 4.51. The van der Waals surface area contributed by atoms with Gasteiger partial charge in [0.25, 0.3) is 10.0 Å². The lowest BCUT2D eigenvalue weighted by Crippen LogP contribution is -2.15. The van der Waals surface area contributed by atoms with Crippen LogP contribution in [0.2, 0.25) is 0 Å². The molecule has 8 nitrogen and oxygen atoms in total. The number of aromatic amines is 1. The molecule has 1 aromatic carbocycles. The van der Waals surface area contributed by atoms with Gasteiger partial charge in [0.2, 0.25) is 0 Å². The zero-order valence-corrected chi connectivity index (χ0v) is 14.6. The minimum Gasteiger partial charge on any atom is -0.382 e. The maximum absolute atomic E-state index is 13.1. The molecule has 0 atom stereocenters. The quantitative estimate of drug-likeness (QED) is 0.620. The van der Waals surface area contributed by atoms with E-state index in [9.17, 15) is 21.6 Å². The summed E-state index contributed by atoms with van der Waals surface area (Å²) >= 11 is 0. The van der Waals surface area contributed by atoms with Gasteiger partial charge in [0.15, 0.2) is 5.03 Å². The van der Waals surface area contributed by atoms with Gasteiger partial charge in [0, 0.05) is 5.56 Å². The van der Waals surface area contributed by atoms with E-state index >= 15 is 0 Å². The van der Waals surface area contributed by atoms with E-state index < -0.39 is 21.8 Å². The third-order valence-corrected chi connectivity index (χ3v) is 4.90. The topological polar surface area (TPSA) is 127 Å². The monoisotopic (exact) mass is 398 g/mol. The van der Waals surface area contributed by atoms with E-state index in [-0.39, 0.29) is 27.8 Å². The van der Waals surface area contributed by atoms with Gasteiger partial charge < -0.3 is 10.7 Å². The number of sulfonamides is 1. The molecule has 27 heavy (non-hydrogen) atoms. The molecule has 142 valence electrons. The molecule has 12 heteroatoms. The van der Waals surface area contributed by atoms with Crippen molar-refractivity contribution >= 4 is 21.5 Å². The number of hydrogen-bond donors (Lipinski definition) is 3. The molecule has 0 fully saturated rings. The predicted molar refractivity (Wildman–Crippen MR) is 91.0 cm³/mol. The Hall–Kier alpha value is -3.15. The maximum Gasteiger partial charge on any atom is 0.416 e. The number of benzene rings is 1. The van der Waals surface area contributed by atoms with Crippen LogP contribution in [0.25, 0.3) is 11.3 Å². The number of hydrogen-bond acceptors (Lipinski definition) is 6. The Morgan fingerprint density at radius 2 is 1.93 bits per heavy atom. The van der Waals surface area contributed by atoms with E-state index in [1.165, 1.54) is 6.07 Å². The SMILES string of the molecule is Cc1cc(N)nnc1-c1ccc(C(F)(F)F)cc1NS(=O)(=O)c1cnc[nH]1. The number of imidazole rings is 1. The standard InChI is InChI=1S/C15H13F3N6O2S/c1-8-4-12(19)22-23-14(8)10-3-2-9(15(16,17)18)5-11(10)24-27(25,26)13-6-20-7-21-13/h2-7,24H,1H3,(H2,19,22)(H,20,21). The Bertz CT molecular complexity index is 1080. The highest BCUT2D eigenvalue weighted by Crippen LogP contribution is 2.37. The summed E-state index contributed by atoms with van der Waals surface area (Å²) in [5.74, 6) is 0.128. The smallest absolute Gasteiger partial charge is 0.382 e. The summed E-state index contributed by atoms with van der Waals surface area (Å²) < 4.78 is 66.3.